The van der Waals surface area contributed by atoms with E-state index in [4.69, 9.17) is 14.6 Å². The van der Waals surface area contributed by atoms with Gasteiger partial charge in [-0.1, -0.05) is 30.3 Å². The second-order valence-corrected chi connectivity index (χ2v) is 5.16. The Morgan fingerprint density at radius 1 is 1.25 bits per heavy atom. The van der Waals surface area contributed by atoms with Crippen molar-refractivity contribution in [2.24, 2.45) is 0 Å². The van der Waals surface area contributed by atoms with E-state index in [0.717, 1.165) is 5.56 Å². The van der Waals surface area contributed by atoms with E-state index < -0.39 is 23.9 Å². The average molecular weight is 281 g/mol. The zero-order chi connectivity index (χ0) is 15.2. The van der Waals surface area contributed by atoms with E-state index in [1.165, 1.54) is 0 Å². The van der Waals surface area contributed by atoms with Gasteiger partial charge in [-0.15, -0.1) is 0 Å². The molecule has 6 nitrogen and oxygen atoms in total. The minimum absolute atomic E-state index is 0.0770. The molecular formula is C14H19NO5. The molecule has 20 heavy (non-hydrogen) atoms. The highest BCUT2D eigenvalue weighted by atomic mass is 16.6. The predicted molar refractivity (Wildman–Crippen MR) is 72.0 cm³/mol. The number of ether oxygens (including phenoxy) is 2. The maximum atomic E-state index is 11.5. The van der Waals surface area contributed by atoms with Crippen molar-refractivity contribution in [3.63, 3.8) is 0 Å². The van der Waals surface area contributed by atoms with Gasteiger partial charge < -0.3 is 14.6 Å². The molecule has 0 aliphatic heterocycles. The average Bonchev–Trinajstić information content (AvgIpc) is 2.33. The number of hydrogen-bond donors (Lipinski definition) is 2. The molecule has 0 saturated carbocycles. The zero-order valence-corrected chi connectivity index (χ0v) is 11.8. The van der Waals surface area contributed by atoms with E-state index in [1.807, 2.05) is 18.2 Å². The van der Waals surface area contributed by atoms with E-state index in [-0.39, 0.29) is 6.61 Å². The first-order chi connectivity index (χ1) is 9.28. The quantitative estimate of drug-likeness (QED) is 0.808. The van der Waals surface area contributed by atoms with Gasteiger partial charge in [0.25, 0.3) is 0 Å². The molecule has 1 amide bonds. The highest BCUT2D eigenvalue weighted by molar-refractivity contribution is 5.78. The van der Waals surface area contributed by atoms with Crippen LogP contribution in [-0.2, 0) is 20.9 Å². The van der Waals surface area contributed by atoms with Gasteiger partial charge in [0, 0.05) is 0 Å². The van der Waals surface area contributed by atoms with E-state index in [9.17, 15) is 9.59 Å². The molecule has 0 fully saturated rings. The Labute approximate surface area is 117 Å². The Hall–Kier alpha value is -2.08. The number of alkyl carbamates (subject to hydrolysis) is 1. The molecule has 0 aliphatic rings. The van der Waals surface area contributed by atoms with Crippen molar-refractivity contribution in [3.05, 3.63) is 35.9 Å². The first-order valence-electron chi connectivity index (χ1n) is 6.16. The highest BCUT2D eigenvalue weighted by Crippen LogP contribution is 2.08. The number of carbonyl (C=O) groups is 2. The summed E-state index contributed by atoms with van der Waals surface area (Å²) in [5, 5.41) is 11.2. The number of hydrogen-bond acceptors (Lipinski definition) is 4. The third-order valence-electron chi connectivity index (χ3n) is 2.13. The van der Waals surface area contributed by atoms with Crippen molar-refractivity contribution in [2.45, 2.75) is 39.2 Å². The molecule has 0 spiro atoms. The number of carboxylic acids is 1. The standard InChI is InChI=1S/C14H19NO5/c1-14(2,3)20-13(18)15-11(12(16)17)19-9-10-7-5-4-6-8-10/h4-8,11H,9H2,1-3H3,(H,15,18)(H,16,17). The van der Waals surface area contributed by atoms with E-state index in [1.54, 1.807) is 32.9 Å². The lowest BCUT2D eigenvalue weighted by atomic mass is 10.2. The molecule has 1 rings (SSSR count). The van der Waals surface area contributed by atoms with E-state index in [0.29, 0.717) is 0 Å². The Morgan fingerprint density at radius 3 is 2.35 bits per heavy atom. The summed E-state index contributed by atoms with van der Waals surface area (Å²) < 4.78 is 10.1. The van der Waals surface area contributed by atoms with Gasteiger partial charge in [-0.2, -0.15) is 0 Å². The summed E-state index contributed by atoms with van der Waals surface area (Å²) in [5.41, 5.74) is 0.108. The van der Waals surface area contributed by atoms with E-state index >= 15 is 0 Å². The van der Waals surface area contributed by atoms with Gasteiger partial charge in [-0.05, 0) is 26.3 Å². The Balaban J connectivity index is 2.53. The maximum Gasteiger partial charge on any atom is 0.410 e. The van der Waals surface area contributed by atoms with Gasteiger partial charge in [0.1, 0.15) is 5.60 Å². The molecule has 1 aromatic rings. The summed E-state index contributed by atoms with van der Waals surface area (Å²) in [6.07, 6.45) is -2.29. The lowest BCUT2D eigenvalue weighted by Gasteiger charge is -2.22. The molecular weight excluding hydrogens is 262 g/mol. The third kappa shape index (κ3) is 6.19. The van der Waals surface area contributed by atoms with Gasteiger partial charge in [0.15, 0.2) is 0 Å². The van der Waals surface area contributed by atoms with Crippen LogP contribution >= 0.6 is 0 Å². The Kier molecular flexibility index (Phi) is 5.52. The van der Waals surface area contributed by atoms with Crippen molar-refractivity contribution >= 4 is 12.1 Å². The molecule has 0 heterocycles. The number of nitrogens with one attached hydrogen (secondary N) is 1. The van der Waals surface area contributed by atoms with Gasteiger partial charge in [-0.3, -0.25) is 5.32 Å². The topological polar surface area (TPSA) is 84.9 Å². The first kappa shape index (κ1) is 16.0. The highest BCUT2D eigenvalue weighted by Gasteiger charge is 2.24. The molecule has 6 heteroatoms. The van der Waals surface area contributed by atoms with Crippen LogP contribution in [0.5, 0.6) is 0 Å². The van der Waals surface area contributed by atoms with Gasteiger partial charge in [-0.25, -0.2) is 9.59 Å². The molecule has 0 radical (unpaired) electrons. The molecule has 2 N–H and O–H groups in total. The van der Waals surface area contributed by atoms with Crippen LogP contribution < -0.4 is 5.32 Å². The van der Waals surface area contributed by atoms with Crippen molar-refractivity contribution in [1.29, 1.82) is 0 Å². The minimum atomic E-state index is -1.45. The number of carboxylic acid groups (broad SMARTS) is 1. The van der Waals surface area contributed by atoms with Crippen molar-refractivity contribution < 1.29 is 24.2 Å². The molecule has 0 aliphatic carbocycles. The zero-order valence-electron chi connectivity index (χ0n) is 11.8. The number of carbonyl (C=O) groups excluding carboxylic acids is 1. The Bertz CT molecular complexity index is 452. The number of aliphatic carboxylic acids is 1. The smallest absolute Gasteiger partial charge is 0.410 e. The van der Waals surface area contributed by atoms with Crippen LogP contribution in [0.2, 0.25) is 0 Å². The van der Waals surface area contributed by atoms with Crippen LogP contribution in [0.15, 0.2) is 30.3 Å². The van der Waals surface area contributed by atoms with Crippen molar-refractivity contribution in [2.75, 3.05) is 0 Å². The summed E-state index contributed by atoms with van der Waals surface area (Å²) in [4.78, 5) is 22.5. The van der Waals surface area contributed by atoms with Crippen LogP contribution in [0.4, 0.5) is 4.79 Å². The summed E-state index contributed by atoms with van der Waals surface area (Å²) in [5.74, 6) is -1.29. The van der Waals surface area contributed by atoms with Crippen LogP contribution in [0.3, 0.4) is 0 Å². The van der Waals surface area contributed by atoms with Crippen LogP contribution in [-0.4, -0.2) is 29.0 Å². The molecule has 1 unspecified atom stereocenters. The fraction of sp³-hybridized carbons (Fsp3) is 0.429. The number of benzene rings is 1. The second-order valence-electron chi connectivity index (χ2n) is 5.16. The summed E-state index contributed by atoms with van der Waals surface area (Å²) >= 11 is 0. The summed E-state index contributed by atoms with van der Waals surface area (Å²) in [6.45, 7) is 5.14. The Morgan fingerprint density at radius 2 is 1.85 bits per heavy atom. The van der Waals surface area contributed by atoms with Crippen LogP contribution in [0, 0.1) is 0 Å². The monoisotopic (exact) mass is 281 g/mol. The molecule has 1 atom stereocenters. The fourth-order valence-electron chi connectivity index (χ4n) is 1.34. The van der Waals surface area contributed by atoms with Crippen LogP contribution in [0.1, 0.15) is 26.3 Å². The largest absolute Gasteiger partial charge is 0.478 e. The predicted octanol–water partition coefficient (Wildman–Crippen LogP) is 2.14. The second kappa shape index (κ2) is 6.91. The van der Waals surface area contributed by atoms with Gasteiger partial charge in [0.05, 0.1) is 6.61 Å². The summed E-state index contributed by atoms with van der Waals surface area (Å²) in [6, 6.07) is 9.07. The van der Waals surface area contributed by atoms with Crippen molar-refractivity contribution in [1.82, 2.24) is 5.32 Å². The maximum absolute atomic E-state index is 11.5. The number of amides is 1. The molecule has 1 aromatic carbocycles. The third-order valence-corrected chi connectivity index (χ3v) is 2.13. The molecule has 0 saturated heterocycles. The molecule has 110 valence electrons. The normalized spacial score (nSPS) is 12.6. The minimum Gasteiger partial charge on any atom is -0.478 e. The lowest BCUT2D eigenvalue weighted by Crippen LogP contribution is -2.44. The molecule has 0 bridgehead atoms. The lowest BCUT2D eigenvalue weighted by molar-refractivity contribution is -0.153. The van der Waals surface area contributed by atoms with Gasteiger partial charge >= 0.3 is 12.1 Å². The fourth-order valence-corrected chi connectivity index (χ4v) is 1.34. The van der Waals surface area contributed by atoms with Crippen LogP contribution in [0.25, 0.3) is 0 Å². The first-order valence-corrected chi connectivity index (χ1v) is 6.16. The van der Waals surface area contributed by atoms with E-state index in [2.05, 4.69) is 5.32 Å². The van der Waals surface area contributed by atoms with Crippen molar-refractivity contribution in [3.8, 4) is 0 Å². The summed E-state index contributed by atoms with van der Waals surface area (Å²) in [7, 11) is 0. The molecule has 0 aromatic heterocycles. The van der Waals surface area contributed by atoms with Gasteiger partial charge in [0.2, 0.25) is 6.23 Å². The number of rotatable bonds is 5. The SMILES string of the molecule is CC(C)(C)OC(=O)NC(OCc1ccccc1)C(=O)O.